The molecule has 7 heteroatoms. The van der Waals surface area contributed by atoms with E-state index >= 15 is 0 Å². The van der Waals surface area contributed by atoms with Crippen LogP contribution in [0, 0.1) is 34.6 Å². The number of hydrogen-bond donors (Lipinski definition) is 1. The third-order valence-electron chi connectivity index (χ3n) is 5.21. The first-order valence-electron chi connectivity index (χ1n) is 9.21. The van der Waals surface area contributed by atoms with Crippen LogP contribution in [-0.4, -0.2) is 20.8 Å². The Morgan fingerprint density at radius 1 is 1.18 bits per heavy atom. The summed E-state index contributed by atoms with van der Waals surface area (Å²) in [5.41, 5.74) is 6.05. The molecule has 0 saturated heterocycles. The molecule has 0 saturated carbocycles. The zero-order valence-corrected chi connectivity index (χ0v) is 17.2. The minimum Gasteiger partial charge on any atom is -0.488 e. The summed E-state index contributed by atoms with van der Waals surface area (Å²) in [6, 6.07) is 5.90. The number of nitrogens with zero attached hydrogens (tertiary/aromatic N) is 3. The van der Waals surface area contributed by atoms with Crippen LogP contribution in [0.2, 0.25) is 0 Å². The van der Waals surface area contributed by atoms with E-state index in [-0.39, 0.29) is 18.2 Å². The zero-order valence-electron chi connectivity index (χ0n) is 17.2. The first-order valence-corrected chi connectivity index (χ1v) is 9.21. The summed E-state index contributed by atoms with van der Waals surface area (Å²) in [5, 5.41) is 11.2. The predicted molar refractivity (Wildman–Crippen MR) is 105 cm³/mol. The number of aryl methyl sites for hydroxylation is 4. The molecule has 28 heavy (non-hydrogen) atoms. The minimum atomic E-state index is -0.293. The van der Waals surface area contributed by atoms with Gasteiger partial charge >= 0.3 is 0 Å². The minimum absolute atomic E-state index is 0.216. The van der Waals surface area contributed by atoms with Gasteiger partial charge in [0.05, 0.1) is 11.3 Å². The highest BCUT2D eigenvalue weighted by molar-refractivity contribution is 5.93. The largest absolute Gasteiger partial charge is 0.488 e. The van der Waals surface area contributed by atoms with Crippen molar-refractivity contribution in [3.8, 4) is 5.75 Å². The van der Waals surface area contributed by atoms with Gasteiger partial charge in [-0.15, -0.1) is 0 Å². The molecule has 0 fully saturated rings. The maximum absolute atomic E-state index is 12.7. The third kappa shape index (κ3) is 3.78. The first-order chi connectivity index (χ1) is 13.3. The average molecular weight is 382 g/mol. The number of nitrogens with one attached hydrogen (secondary N) is 1. The molecular weight excluding hydrogens is 356 g/mol. The lowest BCUT2D eigenvalue weighted by Gasteiger charge is -2.11. The van der Waals surface area contributed by atoms with Crippen LogP contribution in [-0.2, 0) is 20.2 Å². The van der Waals surface area contributed by atoms with E-state index in [4.69, 9.17) is 9.26 Å². The van der Waals surface area contributed by atoms with Crippen LogP contribution in [0.3, 0.4) is 0 Å². The van der Waals surface area contributed by atoms with Crippen molar-refractivity contribution in [3.05, 3.63) is 63.3 Å². The first kappa shape index (κ1) is 19.7. The normalized spacial score (nSPS) is 10.9. The maximum atomic E-state index is 12.7. The van der Waals surface area contributed by atoms with Crippen molar-refractivity contribution in [3.63, 3.8) is 0 Å². The summed E-state index contributed by atoms with van der Waals surface area (Å²) in [6.07, 6.45) is 0. The molecule has 0 aliphatic carbocycles. The van der Waals surface area contributed by atoms with Crippen molar-refractivity contribution in [2.45, 2.75) is 47.8 Å². The molecule has 0 atom stereocenters. The second kappa shape index (κ2) is 7.88. The van der Waals surface area contributed by atoms with Crippen LogP contribution < -0.4 is 10.1 Å². The number of hydrogen-bond acceptors (Lipinski definition) is 5. The number of carbonyl (C=O) groups excluding carboxylic acids is 1. The van der Waals surface area contributed by atoms with Gasteiger partial charge in [0.25, 0.3) is 5.91 Å². The summed E-state index contributed by atoms with van der Waals surface area (Å²) in [7, 11) is 1.89. The molecule has 148 valence electrons. The highest BCUT2D eigenvalue weighted by atomic mass is 16.5. The lowest BCUT2D eigenvalue weighted by Crippen LogP contribution is -2.25. The third-order valence-corrected chi connectivity index (χ3v) is 5.21. The zero-order chi connectivity index (χ0) is 20.4. The monoisotopic (exact) mass is 382 g/mol. The maximum Gasteiger partial charge on any atom is 0.274 e. The van der Waals surface area contributed by atoms with E-state index in [0.29, 0.717) is 17.9 Å². The van der Waals surface area contributed by atoms with Crippen LogP contribution in [0.5, 0.6) is 5.75 Å². The van der Waals surface area contributed by atoms with Crippen molar-refractivity contribution in [1.82, 2.24) is 20.3 Å². The Hall–Kier alpha value is -3.09. The van der Waals surface area contributed by atoms with E-state index in [1.807, 2.05) is 52.9 Å². The lowest BCUT2D eigenvalue weighted by atomic mass is 10.1. The molecule has 1 aromatic carbocycles. The Kier molecular flexibility index (Phi) is 5.53. The van der Waals surface area contributed by atoms with E-state index < -0.39 is 0 Å². The molecular formula is C21H26N4O3. The smallest absolute Gasteiger partial charge is 0.274 e. The molecule has 1 amide bonds. The Bertz CT molecular complexity index is 1020. The quantitative estimate of drug-likeness (QED) is 0.706. The Balaban J connectivity index is 1.73. The van der Waals surface area contributed by atoms with Crippen LogP contribution in [0.25, 0.3) is 0 Å². The van der Waals surface area contributed by atoms with E-state index in [1.165, 1.54) is 0 Å². The van der Waals surface area contributed by atoms with Gasteiger partial charge in [-0.2, -0.15) is 5.10 Å². The van der Waals surface area contributed by atoms with Crippen LogP contribution in [0.1, 0.15) is 49.9 Å². The van der Waals surface area contributed by atoms with Crippen molar-refractivity contribution < 1.29 is 14.1 Å². The summed E-state index contributed by atoms with van der Waals surface area (Å²) >= 11 is 0. The molecule has 0 spiro atoms. The van der Waals surface area contributed by atoms with Gasteiger partial charge < -0.3 is 14.6 Å². The average Bonchev–Trinajstić information content (AvgIpc) is 3.14. The molecule has 0 unspecified atom stereocenters. The van der Waals surface area contributed by atoms with Crippen molar-refractivity contribution in [2.24, 2.45) is 7.05 Å². The fraction of sp³-hybridized carbons (Fsp3) is 0.381. The van der Waals surface area contributed by atoms with Gasteiger partial charge in [-0.1, -0.05) is 17.3 Å². The fourth-order valence-electron chi connectivity index (χ4n) is 3.10. The summed E-state index contributed by atoms with van der Waals surface area (Å²) in [6.45, 7) is 10.3. The Morgan fingerprint density at radius 2 is 1.93 bits per heavy atom. The molecule has 3 rings (SSSR count). The SMILES string of the molecule is Cc1cccc(OCc2c(C(=O)NCc3c(C)nn(C)c3C)noc2C)c1C. The summed E-state index contributed by atoms with van der Waals surface area (Å²) in [5.74, 6) is 1.07. The van der Waals surface area contributed by atoms with Crippen molar-refractivity contribution >= 4 is 5.91 Å². The standard InChI is InChI=1S/C21H26N4O3/c1-12-8-7-9-19(13(12)2)27-11-18-16(5)28-24-20(18)21(26)22-10-17-14(3)23-25(6)15(17)4/h7-9H,10-11H2,1-6H3,(H,22,26). The molecule has 0 aliphatic rings. The van der Waals surface area contributed by atoms with Gasteiger partial charge in [-0.3, -0.25) is 9.48 Å². The highest BCUT2D eigenvalue weighted by Crippen LogP contribution is 2.23. The molecule has 0 bridgehead atoms. The van der Waals surface area contributed by atoms with Gasteiger partial charge in [0.1, 0.15) is 18.1 Å². The lowest BCUT2D eigenvalue weighted by molar-refractivity contribution is 0.0939. The number of carbonyl (C=O) groups is 1. The van der Waals surface area contributed by atoms with Gasteiger partial charge in [0.2, 0.25) is 0 Å². The summed E-state index contributed by atoms with van der Waals surface area (Å²) in [4.78, 5) is 12.7. The molecule has 0 aliphatic heterocycles. The highest BCUT2D eigenvalue weighted by Gasteiger charge is 2.21. The van der Waals surface area contributed by atoms with E-state index in [9.17, 15) is 4.79 Å². The van der Waals surface area contributed by atoms with Gasteiger partial charge in [0.15, 0.2) is 5.69 Å². The second-order valence-corrected chi connectivity index (χ2v) is 7.01. The van der Waals surface area contributed by atoms with E-state index in [1.54, 1.807) is 11.6 Å². The van der Waals surface area contributed by atoms with Gasteiger partial charge in [0, 0.05) is 24.8 Å². The molecule has 2 heterocycles. The molecule has 1 N–H and O–H groups in total. The number of benzene rings is 1. The number of aromatic nitrogens is 3. The topological polar surface area (TPSA) is 82.2 Å². The van der Waals surface area contributed by atoms with Crippen molar-refractivity contribution in [2.75, 3.05) is 0 Å². The number of rotatable bonds is 6. The number of ether oxygens (including phenoxy) is 1. The van der Waals surface area contributed by atoms with Crippen LogP contribution >= 0.6 is 0 Å². The van der Waals surface area contributed by atoms with E-state index in [2.05, 4.69) is 15.6 Å². The number of amides is 1. The second-order valence-electron chi connectivity index (χ2n) is 7.01. The Morgan fingerprint density at radius 3 is 2.61 bits per heavy atom. The van der Waals surface area contributed by atoms with Crippen molar-refractivity contribution in [1.29, 1.82) is 0 Å². The van der Waals surface area contributed by atoms with Gasteiger partial charge in [-0.05, 0) is 51.8 Å². The molecule has 2 aromatic heterocycles. The van der Waals surface area contributed by atoms with Crippen LogP contribution in [0.4, 0.5) is 0 Å². The van der Waals surface area contributed by atoms with Gasteiger partial charge in [-0.25, -0.2) is 0 Å². The van der Waals surface area contributed by atoms with Crippen LogP contribution in [0.15, 0.2) is 22.7 Å². The van der Waals surface area contributed by atoms with E-state index in [0.717, 1.165) is 33.8 Å². The molecule has 0 radical (unpaired) electrons. The predicted octanol–water partition coefficient (Wildman–Crippen LogP) is 3.46. The molecule has 3 aromatic rings. The Labute approximate surface area is 164 Å². The molecule has 7 nitrogen and oxygen atoms in total. The fourth-order valence-corrected chi connectivity index (χ4v) is 3.10. The summed E-state index contributed by atoms with van der Waals surface area (Å²) < 4.78 is 13.0.